The van der Waals surface area contributed by atoms with E-state index < -0.39 is 0 Å². The lowest BCUT2D eigenvalue weighted by Crippen LogP contribution is -2.14. The lowest BCUT2D eigenvalue weighted by atomic mass is 9.81. The number of hydrogen-bond acceptors (Lipinski definition) is 1. The van der Waals surface area contributed by atoms with E-state index in [4.69, 9.17) is 4.74 Å². The molecule has 1 aliphatic carbocycles. The van der Waals surface area contributed by atoms with Gasteiger partial charge in [0.1, 0.15) is 0 Å². The van der Waals surface area contributed by atoms with Crippen molar-refractivity contribution >= 4 is 0 Å². The number of hydrogen-bond donors (Lipinski definition) is 0. The van der Waals surface area contributed by atoms with Crippen molar-refractivity contribution in [3.8, 4) is 0 Å². The summed E-state index contributed by atoms with van der Waals surface area (Å²) in [6.45, 7) is 5.52. The van der Waals surface area contributed by atoms with E-state index in [0.29, 0.717) is 0 Å². The summed E-state index contributed by atoms with van der Waals surface area (Å²) in [7, 11) is 1.78. The van der Waals surface area contributed by atoms with Gasteiger partial charge in [0.15, 0.2) is 0 Å². The molecule has 0 spiro atoms. The molecule has 0 saturated heterocycles. The van der Waals surface area contributed by atoms with Gasteiger partial charge in [-0.3, -0.25) is 0 Å². The molecular formula is C12H22O. The van der Waals surface area contributed by atoms with Gasteiger partial charge in [0, 0.05) is 13.7 Å². The average molecular weight is 182 g/mol. The second-order valence-electron chi connectivity index (χ2n) is 4.41. The zero-order valence-corrected chi connectivity index (χ0v) is 9.12. The van der Waals surface area contributed by atoms with E-state index in [1.807, 2.05) is 0 Å². The van der Waals surface area contributed by atoms with Crippen LogP contribution >= 0.6 is 0 Å². The summed E-state index contributed by atoms with van der Waals surface area (Å²) in [5.41, 5.74) is 0. The summed E-state index contributed by atoms with van der Waals surface area (Å²) in [6.07, 6.45) is 8.71. The highest BCUT2D eigenvalue weighted by atomic mass is 16.5. The average Bonchev–Trinajstić information content (AvgIpc) is 2.15. The zero-order valence-electron chi connectivity index (χ0n) is 9.12. The van der Waals surface area contributed by atoms with E-state index in [0.717, 1.165) is 24.4 Å². The minimum Gasteiger partial charge on any atom is -0.385 e. The third kappa shape index (κ3) is 3.51. The monoisotopic (exact) mass is 182 g/mol. The van der Waals surface area contributed by atoms with Gasteiger partial charge in [0.2, 0.25) is 0 Å². The molecule has 0 N–H and O–H groups in total. The Balaban J connectivity index is 2.29. The Hall–Kier alpha value is -0.300. The lowest BCUT2D eigenvalue weighted by Gasteiger charge is -2.25. The van der Waals surface area contributed by atoms with Crippen LogP contribution in [0.1, 0.15) is 33.1 Å². The Morgan fingerprint density at radius 2 is 2.08 bits per heavy atom. The highest BCUT2D eigenvalue weighted by Crippen LogP contribution is 2.28. The molecule has 0 radical (unpaired) electrons. The molecule has 0 amide bonds. The zero-order chi connectivity index (χ0) is 9.68. The Kier molecular flexibility index (Phi) is 4.51. The van der Waals surface area contributed by atoms with Crippen LogP contribution in [0.25, 0.3) is 0 Å². The molecule has 76 valence electrons. The first kappa shape index (κ1) is 10.8. The first-order valence-electron chi connectivity index (χ1n) is 5.41. The fourth-order valence-electron chi connectivity index (χ4n) is 1.96. The van der Waals surface area contributed by atoms with Gasteiger partial charge < -0.3 is 4.74 Å². The maximum absolute atomic E-state index is 5.08. The number of ether oxygens (including phenoxy) is 1. The second-order valence-corrected chi connectivity index (χ2v) is 4.41. The third-order valence-corrected chi connectivity index (χ3v) is 3.05. The van der Waals surface area contributed by atoms with Crippen LogP contribution in [0.4, 0.5) is 0 Å². The van der Waals surface area contributed by atoms with Gasteiger partial charge in [-0.25, -0.2) is 0 Å². The minimum absolute atomic E-state index is 0.773. The van der Waals surface area contributed by atoms with Gasteiger partial charge in [-0.05, 0) is 37.0 Å². The summed E-state index contributed by atoms with van der Waals surface area (Å²) in [6, 6.07) is 0. The van der Waals surface area contributed by atoms with Crippen LogP contribution < -0.4 is 0 Å². The van der Waals surface area contributed by atoms with E-state index in [9.17, 15) is 0 Å². The van der Waals surface area contributed by atoms with Crippen molar-refractivity contribution in [2.24, 2.45) is 17.8 Å². The fourth-order valence-corrected chi connectivity index (χ4v) is 1.96. The molecule has 0 aromatic carbocycles. The molecule has 0 saturated carbocycles. The van der Waals surface area contributed by atoms with Crippen molar-refractivity contribution < 1.29 is 4.74 Å². The van der Waals surface area contributed by atoms with Gasteiger partial charge in [0.05, 0.1) is 0 Å². The van der Waals surface area contributed by atoms with Crippen LogP contribution in [-0.4, -0.2) is 13.7 Å². The summed E-state index contributed by atoms with van der Waals surface area (Å²) in [5.74, 6) is 2.40. The predicted octanol–water partition coefficient (Wildman–Crippen LogP) is 3.26. The van der Waals surface area contributed by atoms with E-state index in [-0.39, 0.29) is 0 Å². The normalized spacial score (nSPS) is 28.3. The first-order valence-corrected chi connectivity index (χ1v) is 5.41. The van der Waals surface area contributed by atoms with Crippen LogP contribution in [0.3, 0.4) is 0 Å². The molecule has 0 heterocycles. The van der Waals surface area contributed by atoms with Gasteiger partial charge in [-0.1, -0.05) is 26.0 Å². The SMILES string of the molecule is COCCC1C=CC(C(C)C)CC1. The quantitative estimate of drug-likeness (QED) is 0.606. The van der Waals surface area contributed by atoms with Gasteiger partial charge in [-0.15, -0.1) is 0 Å². The largest absolute Gasteiger partial charge is 0.385 e. The molecule has 1 rings (SSSR count). The molecule has 0 aromatic heterocycles. The van der Waals surface area contributed by atoms with Crippen LogP contribution in [0, 0.1) is 17.8 Å². The van der Waals surface area contributed by atoms with Crippen molar-refractivity contribution in [2.45, 2.75) is 33.1 Å². The molecule has 2 unspecified atom stereocenters. The fraction of sp³-hybridized carbons (Fsp3) is 0.833. The lowest BCUT2D eigenvalue weighted by molar-refractivity contribution is 0.179. The van der Waals surface area contributed by atoms with E-state index in [1.165, 1.54) is 19.3 Å². The van der Waals surface area contributed by atoms with Crippen molar-refractivity contribution in [1.29, 1.82) is 0 Å². The summed E-state index contributed by atoms with van der Waals surface area (Å²) in [5, 5.41) is 0. The molecule has 0 aromatic rings. The smallest absolute Gasteiger partial charge is 0.0467 e. The van der Waals surface area contributed by atoms with Gasteiger partial charge >= 0.3 is 0 Å². The number of allylic oxidation sites excluding steroid dienone is 2. The molecular weight excluding hydrogens is 160 g/mol. The Morgan fingerprint density at radius 1 is 1.31 bits per heavy atom. The van der Waals surface area contributed by atoms with E-state index in [1.54, 1.807) is 7.11 Å². The molecule has 0 aliphatic heterocycles. The minimum atomic E-state index is 0.773. The number of rotatable bonds is 4. The topological polar surface area (TPSA) is 9.23 Å². The van der Waals surface area contributed by atoms with Crippen molar-refractivity contribution in [1.82, 2.24) is 0 Å². The van der Waals surface area contributed by atoms with Crippen LogP contribution in [0.2, 0.25) is 0 Å². The van der Waals surface area contributed by atoms with Crippen molar-refractivity contribution in [3.63, 3.8) is 0 Å². The number of methoxy groups -OCH3 is 1. The summed E-state index contributed by atoms with van der Waals surface area (Å²) < 4.78 is 5.08. The molecule has 0 bridgehead atoms. The van der Waals surface area contributed by atoms with Crippen molar-refractivity contribution in [3.05, 3.63) is 12.2 Å². The predicted molar refractivity (Wildman–Crippen MR) is 56.7 cm³/mol. The standard InChI is InChI=1S/C12H22O/c1-10(2)12-6-4-11(5-7-12)8-9-13-3/h4,6,10-12H,5,7-9H2,1-3H3. The molecule has 0 fully saturated rings. The summed E-state index contributed by atoms with van der Waals surface area (Å²) >= 11 is 0. The van der Waals surface area contributed by atoms with Crippen molar-refractivity contribution in [2.75, 3.05) is 13.7 Å². The molecule has 2 atom stereocenters. The molecule has 13 heavy (non-hydrogen) atoms. The van der Waals surface area contributed by atoms with Gasteiger partial charge in [0.25, 0.3) is 0 Å². The molecule has 1 aliphatic rings. The van der Waals surface area contributed by atoms with Crippen LogP contribution in [0.5, 0.6) is 0 Å². The Bertz CT molecular complexity index is 161. The summed E-state index contributed by atoms with van der Waals surface area (Å²) in [4.78, 5) is 0. The highest BCUT2D eigenvalue weighted by molar-refractivity contribution is 4.98. The van der Waals surface area contributed by atoms with Crippen LogP contribution in [-0.2, 0) is 4.74 Å². The van der Waals surface area contributed by atoms with E-state index >= 15 is 0 Å². The van der Waals surface area contributed by atoms with Gasteiger partial charge in [-0.2, -0.15) is 0 Å². The molecule has 1 heteroatoms. The van der Waals surface area contributed by atoms with Crippen LogP contribution in [0.15, 0.2) is 12.2 Å². The maximum Gasteiger partial charge on any atom is 0.0467 e. The third-order valence-electron chi connectivity index (χ3n) is 3.05. The first-order chi connectivity index (χ1) is 6.24. The Morgan fingerprint density at radius 3 is 2.54 bits per heavy atom. The second kappa shape index (κ2) is 5.43. The van der Waals surface area contributed by atoms with E-state index in [2.05, 4.69) is 26.0 Å². The molecule has 1 nitrogen and oxygen atoms in total. The maximum atomic E-state index is 5.08. The Labute approximate surface area is 82.2 Å². The highest BCUT2D eigenvalue weighted by Gasteiger charge is 2.17.